The van der Waals surface area contributed by atoms with E-state index in [1.807, 2.05) is 13.8 Å². The van der Waals surface area contributed by atoms with Gasteiger partial charge in [-0.15, -0.1) is 0 Å². The molecular weight excluding hydrogens is 252 g/mol. The van der Waals surface area contributed by atoms with Crippen molar-refractivity contribution in [3.8, 4) is 0 Å². The van der Waals surface area contributed by atoms with Crippen LogP contribution >= 0.6 is 0 Å². The lowest BCUT2D eigenvalue weighted by atomic mass is 10.1. The van der Waals surface area contributed by atoms with Gasteiger partial charge in [-0.1, -0.05) is 0 Å². The lowest BCUT2D eigenvalue weighted by molar-refractivity contribution is -0.137. The van der Waals surface area contributed by atoms with Gasteiger partial charge in [0.15, 0.2) is 0 Å². The van der Waals surface area contributed by atoms with Crippen molar-refractivity contribution in [3.05, 3.63) is 0 Å². The molecule has 2 N–H and O–H groups in total. The van der Waals surface area contributed by atoms with Crippen LogP contribution in [0.2, 0.25) is 0 Å². The van der Waals surface area contributed by atoms with Crippen LogP contribution in [0.1, 0.15) is 33.1 Å². The van der Waals surface area contributed by atoms with E-state index < -0.39 is 23.5 Å². The number of urea groups is 1. The first-order valence-corrected chi connectivity index (χ1v) is 6.25. The normalized spacial score (nSPS) is 17.9. The van der Waals surface area contributed by atoms with Gasteiger partial charge in [-0.05, 0) is 20.3 Å². The van der Waals surface area contributed by atoms with Crippen LogP contribution in [-0.2, 0) is 14.3 Å². The van der Waals surface area contributed by atoms with E-state index in [0.29, 0.717) is 19.7 Å². The molecule has 1 saturated heterocycles. The van der Waals surface area contributed by atoms with Crippen molar-refractivity contribution in [1.29, 1.82) is 0 Å². The minimum atomic E-state index is -0.950. The fourth-order valence-electron chi connectivity index (χ4n) is 1.85. The zero-order valence-corrected chi connectivity index (χ0v) is 11.3. The van der Waals surface area contributed by atoms with Gasteiger partial charge in [0.1, 0.15) is 0 Å². The van der Waals surface area contributed by atoms with E-state index in [4.69, 9.17) is 9.84 Å². The van der Waals surface area contributed by atoms with Crippen LogP contribution in [0, 0.1) is 0 Å². The van der Waals surface area contributed by atoms with E-state index in [1.54, 1.807) is 0 Å². The van der Waals surface area contributed by atoms with Crippen LogP contribution in [0.3, 0.4) is 0 Å². The maximum Gasteiger partial charge on any atom is 0.324 e. The highest BCUT2D eigenvalue weighted by Gasteiger charge is 2.30. The largest absolute Gasteiger partial charge is 0.481 e. The zero-order valence-electron chi connectivity index (χ0n) is 11.3. The molecule has 108 valence electrons. The van der Waals surface area contributed by atoms with Crippen LogP contribution in [0.15, 0.2) is 0 Å². The van der Waals surface area contributed by atoms with Crippen LogP contribution < -0.4 is 5.32 Å². The van der Waals surface area contributed by atoms with Crippen LogP contribution in [-0.4, -0.2) is 53.2 Å². The molecule has 7 nitrogen and oxygen atoms in total. The summed E-state index contributed by atoms with van der Waals surface area (Å²) in [5, 5.41) is 10.7. The highest BCUT2D eigenvalue weighted by molar-refractivity contribution is 5.94. The zero-order chi connectivity index (χ0) is 14.5. The lowest BCUT2D eigenvalue weighted by Gasteiger charge is -2.37. The summed E-state index contributed by atoms with van der Waals surface area (Å²) < 4.78 is 5.47. The molecule has 1 aliphatic rings. The van der Waals surface area contributed by atoms with Gasteiger partial charge in [-0.3, -0.25) is 14.9 Å². The molecule has 0 aromatic heterocycles. The Morgan fingerprint density at radius 2 is 2.00 bits per heavy atom. The number of ether oxygens (including phenoxy) is 1. The van der Waals surface area contributed by atoms with Gasteiger partial charge >= 0.3 is 12.0 Å². The molecule has 0 radical (unpaired) electrons. The Hall–Kier alpha value is -1.63. The molecular formula is C12H20N2O5. The third-order valence-corrected chi connectivity index (χ3v) is 2.75. The van der Waals surface area contributed by atoms with E-state index in [9.17, 15) is 14.4 Å². The fraction of sp³-hybridized carbons (Fsp3) is 0.750. The number of rotatable bonds is 4. The van der Waals surface area contributed by atoms with E-state index in [1.165, 1.54) is 4.90 Å². The number of nitrogens with zero attached hydrogens (tertiary/aromatic N) is 1. The number of hydrogen-bond donors (Lipinski definition) is 2. The standard InChI is InChI=1S/C12H20N2O5/c1-12(2)8-14(6-7-19-12)11(18)13-9(15)4-3-5-10(16)17/h3-8H2,1-2H3,(H,16,17)(H,13,15,18). The van der Waals surface area contributed by atoms with Gasteiger partial charge in [-0.2, -0.15) is 0 Å². The van der Waals surface area contributed by atoms with E-state index in [-0.39, 0.29) is 19.3 Å². The Labute approximate surface area is 111 Å². The first-order valence-electron chi connectivity index (χ1n) is 6.25. The molecule has 3 amide bonds. The second-order valence-electron chi connectivity index (χ2n) is 5.13. The topological polar surface area (TPSA) is 95.9 Å². The van der Waals surface area contributed by atoms with Gasteiger partial charge in [0.25, 0.3) is 0 Å². The molecule has 0 aromatic rings. The molecule has 1 rings (SSSR count). The molecule has 0 saturated carbocycles. The second-order valence-corrected chi connectivity index (χ2v) is 5.13. The average molecular weight is 272 g/mol. The second kappa shape index (κ2) is 6.51. The van der Waals surface area contributed by atoms with Crippen molar-refractivity contribution in [3.63, 3.8) is 0 Å². The number of aliphatic carboxylic acids is 1. The summed E-state index contributed by atoms with van der Waals surface area (Å²) in [5.41, 5.74) is -0.415. The first-order chi connectivity index (χ1) is 8.80. The third-order valence-electron chi connectivity index (χ3n) is 2.75. The van der Waals surface area contributed by atoms with Gasteiger partial charge in [0.05, 0.1) is 18.8 Å². The fourth-order valence-corrected chi connectivity index (χ4v) is 1.85. The molecule has 1 aliphatic heterocycles. The molecule has 7 heteroatoms. The van der Waals surface area contributed by atoms with Crippen LogP contribution in [0.5, 0.6) is 0 Å². The van der Waals surface area contributed by atoms with E-state index >= 15 is 0 Å². The molecule has 1 fully saturated rings. The summed E-state index contributed by atoms with van der Waals surface area (Å²) in [6.45, 7) is 5.05. The van der Waals surface area contributed by atoms with Crippen molar-refractivity contribution in [2.24, 2.45) is 0 Å². The smallest absolute Gasteiger partial charge is 0.324 e. The minimum absolute atomic E-state index is 0.0335. The Morgan fingerprint density at radius 3 is 2.58 bits per heavy atom. The highest BCUT2D eigenvalue weighted by atomic mass is 16.5. The molecule has 0 aliphatic carbocycles. The van der Waals surface area contributed by atoms with Crippen molar-refractivity contribution < 1.29 is 24.2 Å². The van der Waals surface area contributed by atoms with E-state index in [0.717, 1.165) is 0 Å². The Kier molecular flexibility index (Phi) is 5.29. The van der Waals surface area contributed by atoms with E-state index in [2.05, 4.69) is 5.32 Å². The van der Waals surface area contributed by atoms with Gasteiger partial charge in [0, 0.05) is 19.4 Å². The number of amides is 3. The molecule has 19 heavy (non-hydrogen) atoms. The Morgan fingerprint density at radius 1 is 1.32 bits per heavy atom. The van der Waals surface area contributed by atoms with Crippen molar-refractivity contribution in [2.45, 2.75) is 38.7 Å². The van der Waals surface area contributed by atoms with Gasteiger partial charge in [-0.25, -0.2) is 4.79 Å². The summed E-state index contributed by atoms with van der Waals surface area (Å²) in [5.74, 6) is -1.40. The van der Waals surface area contributed by atoms with Gasteiger partial charge in [0.2, 0.25) is 5.91 Å². The number of carboxylic acids is 1. The average Bonchev–Trinajstić information content (AvgIpc) is 2.26. The highest BCUT2D eigenvalue weighted by Crippen LogP contribution is 2.16. The number of morpholine rings is 1. The summed E-state index contributed by atoms with van der Waals surface area (Å²) >= 11 is 0. The summed E-state index contributed by atoms with van der Waals surface area (Å²) in [7, 11) is 0. The molecule has 0 unspecified atom stereocenters. The van der Waals surface area contributed by atoms with Crippen molar-refractivity contribution in [2.75, 3.05) is 19.7 Å². The molecule has 0 atom stereocenters. The summed E-state index contributed by atoms with van der Waals surface area (Å²) in [4.78, 5) is 35.1. The predicted molar refractivity (Wildman–Crippen MR) is 66.6 cm³/mol. The van der Waals surface area contributed by atoms with Crippen LogP contribution in [0.25, 0.3) is 0 Å². The van der Waals surface area contributed by atoms with Crippen molar-refractivity contribution >= 4 is 17.9 Å². The number of nitrogens with one attached hydrogen (secondary N) is 1. The number of hydrogen-bond acceptors (Lipinski definition) is 4. The Balaban J connectivity index is 2.33. The number of carboxylic acid groups (broad SMARTS) is 1. The maximum absolute atomic E-state index is 11.8. The summed E-state index contributed by atoms with van der Waals surface area (Å²) in [6, 6.07) is -0.448. The number of carbonyl (C=O) groups is 3. The number of carbonyl (C=O) groups excluding carboxylic acids is 2. The lowest BCUT2D eigenvalue weighted by Crippen LogP contribution is -2.54. The predicted octanol–water partition coefficient (Wildman–Crippen LogP) is 0.588. The number of imide groups is 1. The SMILES string of the molecule is CC1(C)CN(C(=O)NC(=O)CCCC(=O)O)CCO1. The molecule has 0 spiro atoms. The third kappa shape index (κ3) is 5.69. The Bertz CT molecular complexity index is 367. The monoisotopic (exact) mass is 272 g/mol. The maximum atomic E-state index is 11.8. The van der Waals surface area contributed by atoms with Crippen LogP contribution in [0.4, 0.5) is 4.79 Å². The quantitative estimate of drug-likeness (QED) is 0.780. The van der Waals surface area contributed by atoms with Crippen molar-refractivity contribution in [1.82, 2.24) is 10.2 Å². The molecule has 0 bridgehead atoms. The molecule has 0 aromatic carbocycles. The van der Waals surface area contributed by atoms with Gasteiger partial charge < -0.3 is 14.7 Å². The molecule has 1 heterocycles. The first kappa shape index (κ1) is 15.4. The minimum Gasteiger partial charge on any atom is -0.481 e. The summed E-state index contributed by atoms with van der Waals surface area (Å²) in [6.07, 6.45) is 0.182.